The molecule has 0 aliphatic carbocycles. The van der Waals surface area contributed by atoms with Crippen molar-refractivity contribution in [2.75, 3.05) is 5.73 Å². The predicted octanol–water partition coefficient (Wildman–Crippen LogP) is 2.36. The van der Waals surface area contributed by atoms with Gasteiger partial charge in [-0.05, 0) is 6.07 Å². The maximum Gasteiger partial charge on any atom is 0.199 e. The number of benzene rings is 1. The summed E-state index contributed by atoms with van der Waals surface area (Å²) in [6.07, 6.45) is 0. The van der Waals surface area contributed by atoms with Gasteiger partial charge in [-0.2, -0.15) is 0 Å². The molecule has 60 valence electrons. The SMILES string of the molecule is Nc1oc2ccccc2c1C=S. The second-order valence-electron chi connectivity index (χ2n) is 2.49. The minimum Gasteiger partial charge on any atom is -0.440 e. The summed E-state index contributed by atoms with van der Waals surface area (Å²) in [6.45, 7) is 0. The Labute approximate surface area is 75.0 Å². The van der Waals surface area contributed by atoms with Crippen LogP contribution in [0.25, 0.3) is 11.0 Å². The molecule has 0 saturated carbocycles. The van der Waals surface area contributed by atoms with Crippen LogP contribution >= 0.6 is 12.2 Å². The second kappa shape index (κ2) is 2.60. The smallest absolute Gasteiger partial charge is 0.199 e. The van der Waals surface area contributed by atoms with Gasteiger partial charge in [0.15, 0.2) is 5.88 Å². The number of rotatable bonds is 1. The minimum absolute atomic E-state index is 0.395. The Kier molecular flexibility index (Phi) is 1.59. The molecule has 0 bridgehead atoms. The molecule has 0 aliphatic rings. The largest absolute Gasteiger partial charge is 0.440 e. The lowest BCUT2D eigenvalue weighted by atomic mass is 10.2. The van der Waals surface area contributed by atoms with E-state index in [-0.39, 0.29) is 0 Å². The molecule has 0 radical (unpaired) electrons. The summed E-state index contributed by atoms with van der Waals surface area (Å²) in [4.78, 5) is 0. The van der Waals surface area contributed by atoms with Crippen molar-refractivity contribution >= 4 is 34.4 Å². The van der Waals surface area contributed by atoms with Crippen molar-refractivity contribution in [1.82, 2.24) is 0 Å². The molecule has 2 aromatic rings. The zero-order valence-electron chi connectivity index (χ0n) is 6.28. The van der Waals surface area contributed by atoms with E-state index in [0.29, 0.717) is 5.88 Å². The lowest BCUT2D eigenvalue weighted by molar-refractivity contribution is 0.637. The van der Waals surface area contributed by atoms with Gasteiger partial charge in [-0.3, -0.25) is 0 Å². The summed E-state index contributed by atoms with van der Waals surface area (Å²) in [6, 6.07) is 7.64. The van der Waals surface area contributed by atoms with Crippen molar-refractivity contribution in [2.24, 2.45) is 0 Å². The molecule has 2 N–H and O–H groups in total. The van der Waals surface area contributed by atoms with Crippen LogP contribution in [0, 0.1) is 0 Å². The van der Waals surface area contributed by atoms with Crippen molar-refractivity contribution in [3.05, 3.63) is 29.8 Å². The quantitative estimate of drug-likeness (QED) is 0.679. The standard InChI is InChI=1S/C9H7NOS/c10-9-7(5-12)6-3-1-2-4-8(6)11-9/h1-5H,10H2. The van der Waals surface area contributed by atoms with Crippen molar-refractivity contribution in [3.8, 4) is 0 Å². The van der Waals surface area contributed by atoms with Gasteiger partial charge in [-0.1, -0.05) is 30.4 Å². The Balaban J connectivity index is 2.90. The fraction of sp³-hybridized carbons (Fsp3) is 0. The Morgan fingerprint density at radius 2 is 2.08 bits per heavy atom. The third-order valence-electron chi connectivity index (χ3n) is 1.78. The van der Waals surface area contributed by atoms with Crippen molar-refractivity contribution in [1.29, 1.82) is 0 Å². The molecule has 0 amide bonds. The zero-order valence-corrected chi connectivity index (χ0v) is 7.10. The number of para-hydroxylation sites is 1. The molecular weight excluding hydrogens is 170 g/mol. The van der Waals surface area contributed by atoms with Gasteiger partial charge >= 0.3 is 0 Å². The van der Waals surface area contributed by atoms with E-state index >= 15 is 0 Å². The fourth-order valence-electron chi connectivity index (χ4n) is 1.21. The van der Waals surface area contributed by atoms with Gasteiger partial charge in [0.05, 0.1) is 5.56 Å². The van der Waals surface area contributed by atoms with E-state index in [9.17, 15) is 0 Å². The van der Waals surface area contributed by atoms with E-state index in [0.717, 1.165) is 16.5 Å². The Bertz CT molecular complexity index is 433. The predicted molar refractivity (Wildman–Crippen MR) is 53.4 cm³/mol. The first-order chi connectivity index (χ1) is 5.83. The van der Waals surface area contributed by atoms with Crippen LogP contribution in [0.5, 0.6) is 0 Å². The molecule has 2 nitrogen and oxygen atoms in total. The van der Waals surface area contributed by atoms with E-state index < -0.39 is 0 Å². The van der Waals surface area contributed by atoms with Crippen LogP contribution in [0.3, 0.4) is 0 Å². The van der Waals surface area contributed by atoms with Gasteiger partial charge in [0, 0.05) is 10.8 Å². The van der Waals surface area contributed by atoms with E-state index in [4.69, 9.17) is 22.4 Å². The number of anilines is 1. The normalized spacial score (nSPS) is 10.3. The maximum absolute atomic E-state index is 5.60. The molecule has 12 heavy (non-hydrogen) atoms. The first-order valence-electron chi connectivity index (χ1n) is 3.55. The highest BCUT2D eigenvalue weighted by Gasteiger charge is 2.07. The van der Waals surface area contributed by atoms with Crippen LogP contribution in [-0.4, -0.2) is 5.37 Å². The van der Waals surface area contributed by atoms with Gasteiger partial charge < -0.3 is 10.2 Å². The maximum atomic E-state index is 5.60. The molecule has 0 spiro atoms. The van der Waals surface area contributed by atoms with E-state index in [2.05, 4.69) is 0 Å². The van der Waals surface area contributed by atoms with Gasteiger partial charge in [-0.15, -0.1) is 0 Å². The molecule has 0 unspecified atom stereocenters. The topological polar surface area (TPSA) is 39.2 Å². The van der Waals surface area contributed by atoms with Gasteiger partial charge in [0.25, 0.3) is 0 Å². The number of fused-ring (bicyclic) bond motifs is 1. The van der Waals surface area contributed by atoms with Crippen molar-refractivity contribution < 1.29 is 4.42 Å². The summed E-state index contributed by atoms with van der Waals surface area (Å²) >= 11 is 4.82. The molecule has 1 aromatic heterocycles. The number of hydrogen-bond acceptors (Lipinski definition) is 3. The highest BCUT2D eigenvalue weighted by atomic mass is 32.1. The Morgan fingerprint density at radius 1 is 1.33 bits per heavy atom. The number of nitrogen functional groups attached to an aromatic ring is 1. The molecule has 3 heteroatoms. The van der Waals surface area contributed by atoms with E-state index in [1.54, 1.807) is 5.37 Å². The Morgan fingerprint density at radius 3 is 2.83 bits per heavy atom. The molecule has 0 saturated heterocycles. The molecule has 0 aliphatic heterocycles. The molecule has 1 heterocycles. The zero-order chi connectivity index (χ0) is 8.55. The molecule has 2 rings (SSSR count). The van der Waals surface area contributed by atoms with Crippen LogP contribution in [0.1, 0.15) is 5.56 Å². The third-order valence-corrected chi connectivity index (χ3v) is 2.02. The fourth-order valence-corrected chi connectivity index (χ4v) is 1.45. The van der Waals surface area contributed by atoms with Crippen LogP contribution in [0.4, 0.5) is 5.88 Å². The highest BCUT2D eigenvalue weighted by molar-refractivity contribution is 7.79. The minimum atomic E-state index is 0.395. The van der Waals surface area contributed by atoms with E-state index in [1.165, 1.54) is 0 Å². The third kappa shape index (κ3) is 0.905. The molecule has 1 aromatic carbocycles. The van der Waals surface area contributed by atoms with E-state index in [1.807, 2.05) is 24.3 Å². The van der Waals surface area contributed by atoms with Gasteiger partial charge in [0.2, 0.25) is 0 Å². The monoisotopic (exact) mass is 177 g/mol. The van der Waals surface area contributed by atoms with Crippen LogP contribution in [-0.2, 0) is 0 Å². The lowest BCUT2D eigenvalue weighted by Crippen LogP contribution is -1.85. The number of nitrogens with two attached hydrogens (primary N) is 1. The van der Waals surface area contributed by atoms with Gasteiger partial charge in [-0.25, -0.2) is 0 Å². The Hall–Kier alpha value is -1.35. The number of thiocarbonyl (C=S) groups is 1. The van der Waals surface area contributed by atoms with Crippen molar-refractivity contribution in [3.63, 3.8) is 0 Å². The molecule has 0 atom stereocenters. The van der Waals surface area contributed by atoms with Crippen molar-refractivity contribution in [2.45, 2.75) is 0 Å². The van der Waals surface area contributed by atoms with Crippen LogP contribution in [0.2, 0.25) is 0 Å². The average molecular weight is 177 g/mol. The summed E-state index contributed by atoms with van der Waals surface area (Å²) in [5.74, 6) is 0.395. The second-order valence-corrected chi connectivity index (χ2v) is 2.73. The lowest BCUT2D eigenvalue weighted by Gasteiger charge is -1.85. The number of furan rings is 1. The molecule has 0 fully saturated rings. The van der Waals surface area contributed by atoms with Gasteiger partial charge in [0.1, 0.15) is 5.58 Å². The highest BCUT2D eigenvalue weighted by Crippen LogP contribution is 2.25. The average Bonchev–Trinajstić information content (AvgIpc) is 2.40. The summed E-state index contributed by atoms with van der Waals surface area (Å²) in [5.41, 5.74) is 7.19. The van der Waals surface area contributed by atoms with Crippen LogP contribution < -0.4 is 5.73 Å². The first-order valence-corrected chi connectivity index (χ1v) is 4.02. The van der Waals surface area contributed by atoms with Crippen LogP contribution in [0.15, 0.2) is 28.7 Å². The summed E-state index contributed by atoms with van der Waals surface area (Å²) < 4.78 is 5.27. The summed E-state index contributed by atoms with van der Waals surface area (Å²) in [5, 5.41) is 2.52. The summed E-state index contributed by atoms with van der Waals surface area (Å²) in [7, 11) is 0. The number of hydrogen-bond donors (Lipinski definition) is 1. The first kappa shape index (κ1) is 7.31. The molecular formula is C9H7NOS.